The van der Waals surface area contributed by atoms with Crippen LogP contribution >= 0.6 is 15.9 Å². The smallest absolute Gasteiger partial charge is 0.0773 e. The summed E-state index contributed by atoms with van der Waals surface area (Å²) in [5, 5.41) is 14.3. The fourth-order valence-corrected chi connectivity index (χ4v) is 3.26. The molecule has 4 nitrogen and oxygen atoms in total. The number of nitrogens with zero attached hydrogens (tertiary/aromatic N) is 3. The van der Waals surface area contributed by atoms with Crippen molar-refractivity contribution < 1.29 is 5.11 Å². The average molecular weight is 300 g/mol. The highest BCUT2D eigenvalue weighted by Gasteiger charge is 2.37. The predicted octanol–water partition coefficient (Wildman–Crippen LogP) is 1.81. The second-order valence-electron chi connectivity index (χ2n) is 5.17. The summed E-state index contributed by atoms with van der Waals surface area (Å²) in [5.74, 6) is 0. The van der Waals surface area contributed by atoms with E-state index in [-0.39, 0.29) is 6.10 Å². The number of aromatic nitrogens is 2. The number of aliphatic hydroxyl groups excluding tert-OH is 1. The molecule has 1 saturated heterocycles. The number of rotatable bonds is 2. The number of aliphatic hydroxyl groups is 1. The Morgan fingerprint density at radius 2 is 2.06 bits per heavy atom. The van der Waals surface area contributed by atoms with Crippen LogP contribution in [0.3, 0.4) is 0 Å². The quantitative estimate of drug-likeness (QED) is 0.905. The summed E-state index contributed by atoms with van der Waals surface area (Å²) in [4.78, 5) is 2.41. The second kappa shape index (κ2) is 4.71. The van der Waals surface area contributed by atoms with Gasteiger partial charge in [0, 0.05) is 25.3 Å². The standard InChI is InChI=1S/C12H18BrN3O/c13-9-5-14-16(6-9)10-7-15(8-10)11-3-1-2-4-12(11)17/h5-6,10-12,17H,1-4,7-8H2. The summed E-state index contributed by atoms with van der Waals surface area (Å²) in [6.07, 6.45) is 8.30. The van der Waals surface area contributed by atoms with E-state index < -0.39 is 0 Å². The third kappa shape index (κ3) is 2.28. The van der Waals surface area contributed by atoms with Crippen molar-refractivity contribution in [2.75, 3.05) is 13.1 Å². The van der Waals surface area contributed by atoms with Crippen molar-refractivity contribution in [1.29, 1.82) is 0 Å². The summed E-state index contributed by atoms with van der Waals surface area (Å²) in [5.41, 5.74) is 0. The van der Waals surface area contributed by atoms with Crippen LogP contribution in [-0.4, -0.2) is 45.0 Å². The lowest BCUT2D eigenvalue weighted by Crippen LogP contribution is -2.57. The zero-order valence-electron chi connectivity index (χ0n) is 9.80. The van der Waals surface area contributed by atoms with Gasteiger partial charge >= 0.3 is 0 Å². The molecule has 0 radical (unpaired) electrons. The molecule has 2 aliphatic rings. The number of hydrogen-bond donors (Lipinski definition) is 1. The third-order valence-corrected chi connectivity index (χ3v) is 4.41. The van der Waals surface area contributed by atoms with Gasteiger partial charge in [0.25, 0.3) is 0 Å². The average Bonchev–Trinajstić information content (AvgIpc) is 2.66. The zero-order valence-corrected chi connectivity index (χ0v) is 11.4. The summed E-state index contributed by atoms with van der Waals surface area (Å²) in [7, 11) is 0. The Morgan fingerprint density at radius 1 is 1.29 bits per heavy atom. The molecular weight excluding hydrogens is 282 g/mol. The van der Waals surface area contributed by atoms with Gasteiger partial charge in [-0.05, 0) is 28.8 Å². The molecule has 0 aromatic carbocycles. The summed E-state index contributed by atoms with van der Waals surface area (Å²) in [6.45, 7) is 2.05. The molecule has 17 heavy (non-hydrogen) atoms. The summed E-state index contributed by atoms with van der Waals surface area (Å²) < 4.78 is 3.06. The Morgan fingerprint density at radius 3 is 2.71 bits per heavy atom. The molecule has 5 heteroatoms. The molecular formula is C12H18BrN3O. The molecule has 1 aromatic heterocycles. The Kier molecular flexibility index (Phi) is 3.23. The molecule has 1 aromatic rings. The van der Waals surface area contributed by atoms with Gasteiger partial charge in [-0.2, -0.15) is 5.10 Å². The van der Waals surface area contributed by atoms with Crippen molar-refractivity contribution in [1.82, 2.24) is 14.7 Å². The molecule has 0 spiro atoms. The van der Waals surface area contributed by atoms with E-state index >= 15 is 0 Å². The first-order chi connectivity index (χ1) is 8.24. The number of likely N-dealkylation sites (tertiary alicyclic amines) is 1. The largest absolute Gasteiger partial charge is 0.391 e. The Hall–Kier alpha value is -0.390. The van der Waals surface area contributed by atoms with Crippen molar-refractivity contribution >= 4 is 15.9 Å². The van der Waals surface area contributed by atoms with Crippen molar-refractivity contribution in [3.63, 3.8) is 0 Å². The van der Waals surface area contributed by atoms with Gasteiger partial charge in [-0.3, -0.25) is 9.58 Å². The molecule has 2 heterocycles. The van der Waals surface area contributed by atoms with Gasteiger partial charge in [0.15, 0.2) is 0 Å². The molecule has 0 bridgehead atoms. The zero-order chi connectivity index (χ0) is 11.8. The topological polar surface area (TPSA) is 41.3 Å². The van der Waals surface area contributed by atoms with Crippen LogP contribution in [0.2, 0.25) is 0 Å². The fraction of sp³-hybridized carbons (Fsp3) is 0.750. The fourth-order valence-electron chi connectivity index (χ4n) is 2.96. The maximum atomic E-state index is 9.99. The predicted molar refractivity (Wildman–Crippen MR) is 68.8 cm³/mol. The van der Waals surface area contributed by atoms with Gasteiger partial charge in [0.1, 0.15) is 0 Å². The van der Waals surface area contributed by atoms with E-state index in [0.717, 1.165) is 30.4 Å². The maximum Gasteiger partial charge on any atom is 0.0773 e. The molecule has 1 N–H and O–H groups in total. The van der Waals surface area contributed by atoms with E-state index in [9.17, 15) is 5.11 Å². The molecule has 0 amide bonds. The van der Waals surface area contributed by atoms with Crippen LogP contribution in [0.4, 0.5) is 0 Å². The van der Waals surface area contributed by atoms with Crippen LogP contribution in [0, 0.1) is 0 Å². The van der Waals surface area contributed by atoms with Crippen LogP contribution < -0.4 is 0 Å². The SMILES string of the molecule is OC1CCCCC1N1CC(n2cc(Br)cn2)C1. The van der Waals surface area contributed by atoms with Gasteiger partial charge < -0.3 is 5.11 Å². The van der Waals surface area contributed by atoms with E-state index in [2.05, 4.69) is 25.9 Å². The molecule has 2 fully saturated rings. The van der Waals surface area contributed by atoms with Crippen LogP contribution in [0.5, 0.6) is 0 Å². The number of halogens is 1. The van der Waals surface area contributed by atoms with Crippen molar-refractivity contribution in [2.24, 2.45) is 0 Å². The van der Waals surface area contributed by atoms with Crippen LogP contribution in [0.15, 0.2) is 16.9 Å². The Balaban J connectivity index is 1.57. The van der Waals surface area contributed by atoms with E-state index in [1.807, 2.05) is 17.1 Å². The first-order valence-corrected chi connectivity index (χ1v) is 7.15. The van der Waals surface area contributed by atoms with Crippen LogP contribution in [0.25, 0.3) is 0 Å². The highest BCUT2D eigenvalue weighted by Crippen LogP contribution is 2.31. The van der Waals surface area contributed by atoms with E-state index in [1.165, 1.54) is 12.8 Å². The van der Waals surface area contributed by atoms with Crippen LogP contribution in [-0.2, 0) is 0 Å². The van der Waals surface area contributed by atoms with Gasteiger partial charge in [0.2, 0.25) is 0 Å². The maximum absolute atomic E-state index is 9.99. The molecule has 2 atom stereocenters. The highest BCUT2D eigenvalue weighted by atomic mass is 79.9. The Labute approximate surface area is 110 Å². The first kappa shape index (κ1) is 11.7. The number of hydrogen-bond acceptors (Lipinski definition) is 3. The second-order valence-corrected chi connectivity index (χ2v) is 6.08. The van der Waals surface area contributed by atoms with Gasteiger partial charge in [-0.1, -0.05) is 12.8 Å². The van der Waals surface area contributed by atoms with E-state index in [0.29, 0.717) is 12.1 Å². The minimum absolute atomic E-state index is 0.117. The molecule has 2 unspecified atom stereocenters. The minimum Gasteiger partial charge on any atom is -0.391 e. The summed E-state index contributed by atoms with van der Waals surface area (Å²) in [6, 6.07) is 0.870. The molecule has 1 saturated carbocycles. The summed E-state index contributed by atoms with van der Waals surface area (Å²) >= 11 is 3.42. The molecule has 1 aliphatic heterocycles. The molecule has 3 rings (SSSR count). The van der Waals surface area contributed by atoms with Gasteiger partial charge in [0.05, 0.1) is 22.8 Å². The lowest BCUT2D eigenvalue weighted by Gasteiger charge is -2.47. The highest BCUT2D eigenvalue weighted by molar-refractivity contribution is 9.10. The van der Waals surface area contributed by atoms with Gasteiger partial charge in [-0.25, -0.2) is 0 Å². The van der Waals surface area contributed by atoms with E-state index in [1.54, 1.807) is 0 Å². The van der Waals surface area contributed by atoms with Crippen molar-refractivity contribution in [2.45, 2.75) is 43.9 Å². The first-order valence-electron chi connectivity index (χ1n) is 6.36. The Bertz CT molecular complexity index is 389. The van der Waals surface area contributed by atoms with Crippen molar-refractivity contribution in [3.05, 3.63) is 16.9 Å². The van der Waals surface area contributed by atoms with Gasteiger partial charge in [-0.15, -0.1) is 0 Å². The lowest BCUT2D eigenvalue weighted by atomic mass is 9.89. The van der Waals surface area contributed by atoms with Crippen molar-refractivity contribution in [3.8, 4) is 0 Å². The minimum atomic E-state index is -0.117. The van der Waals surface area contributed by atoms with Crippen LogP contribution in [0.1, 0.15) is 31.7 Å². The lowest BCUT2D eigenvalue weighted by molar-refractivity contribution is -0.0342. The molecule has 94 valence electrons. The third-order valence-electron chi connectivity index (χ3n) is 4.00. The monoisotopic (exact) mass is 299 g/mol. The normalized spacial score (nSPS) is 31.4. The van der Waals surface area contributed by atoms with E-state index in [4.69, 9.17) is 0 Å². The molecule has 1 aliphatic carbocycles.